The molecule has 0 bridgehead atoms. The summed E-state index contributed by atoms with van der Waals surface area (Å²) in [5, 5.41) is 4.94. The maximum absolute atomic E-state index is 4.60. The SMILES string of the molecule is CCCNC(CC(C)CC)c1cccc2cccnc12. The van der Waals surface area contributed by atoms with Gasteiger partial charge in [-0.2, -0.15) is 0 Å². The lowest BCUT2D eigenvalue weighted by molar-refractivity contribution is 0.404. The number of hydrogen-bond donors (Lipinski definition) is 1. The van der Waals surface area contributed by atoms with Crippen molar-refractivity contribution in [2.24, 2.45) is 5.92 Å². The van der Waals surface area contributed by atoms with Crippen molar-refractivity contribution < 1.29 is 0 Å². The van der Waals surface area contributed by atoms with Gasteiger partial charge in [-0.05, 0) is 36.9 Å². The molecular weight excluding hydrogens is 244 g/mol. The molecule has 1 heterocycles. The number of nitrogens with zero attached hydrogens (tertiary/aromatic N) is 1. The van der Waals surface area contributed by atoms with E-state index in [1.807, 2.05) is 12.3 Å². The Kier molecular flexibility index (Phi) is 5.54. The maximum atomic E-state index is 4.60. The van der Waals surface area contributed by atoms with E-state index in [1.165, 1.54) is 23.8 Å². The van der Waals surface area contributed by atoms with Gasteiger partial charge in [0.25, 0.3) is 0 Å². The van der Waals surface area contributed by atoms with E-state index < -0.39 is 0 Å². The van der Waals surface area contributed by atoms with Gasteiger partial charge in [-0.25, -0.2) is 0 Å². The van der Waals surface area contributed by atoms with Crippen LogP contribution in [0.15, 0.2) is 36.5 Å². The van der Waals surface area contributed by atoms with Gasteiger partial charge in [0.1, 0.15) is 0 Å². The minimum atomic E-state index is 0.406. The summed E-state index contributed by atoms with van der Waals surface area (Å²) >= 11 is 0. The summed E-state index contributed by atoms with van der Waals surface area (Å²) in [5.74, 6) is 0.725. The molecule has 0 saturated carbocycles. The van der Waals surface area contributed by atoms with Gasteiger partial charge >= 0.3 is 0 Å². The molecule has 2 atom stereocenters. The number of rotatable bonds is 7. The fourth-order valence-corrected chi connectivity index (χ4v) is 2.62. The van der Waals surface area contributed by atoms with Crippen LogP contribution in [-0.2, 0) is 0 Å². The van der Waals surface area contributed by atoms with Crippen molar-refractivity contribution in [3.8, 4) is 0 Å². The second-order valence-electron chi connectivity index (χ2n) is 5.68. The Hall–Kier alpha value is -1.41. The van der Waals surface area contributed by atoms with Crippen LogP contribution in [-0.4, -0.2) is 11.5 Å². The lowest BCUT2D eigenvalue weighted by Crippen LogP contribution is -2.24. The Labute approximate surface area is 122 Å². The van der Waals surface area contributed by atoms with Crippen molar-refractivity contribution in [1.29, 1.82) is 0 Å². The van der Waals surface area contributed by atoms with E-state index in [9.17, 15) is 0 Å². The van der Waals surface area contributed by atoms with Crippen molar-refractivity contribution in [3.05, 3.63) is 42.1 Å². The average molecular weight is 270 g/mol. The molecule has 0 radical (unpaired) electrons. The van der Waals surface area contributed by atoms with Crippen molar-refractivity contribution in [3.63, 3.8) is 0 Å². The van der Waals surface area contributed by atoms with Gasteiger partial charge in [0, 0.05) is 17.6 Å². The zero-order chi connectivity index (χ0) is 14.4. The first-order valence-electron chi connectivity index (χ1n) is 7.83. The number of fused-ring (bicyclic) bond motifs is 1. The molecule has 2 heteroatoms. The van der Waals surface area contributed by atoms with E-state index >= 15 is 0 Å². The van der Waals surface area contributed by atoms with E-state index in [0.29, 0.717) is 6.04 Å². The zero-order valence-electron chi connectivity index (χ0n) is 12.9. The highest BCUT2D eigenvalue weighted by Crippen LogP contribution is 2.28. The monoisotopic (exact) mass is 270 g/mol. The van der Waals surface area contributed by atoms with Gasteiger partial charge in [0.05, 0.1) is 5.52 Å². The lowest BCUT2D eigenvalue weighted by atomic mass is 9.92. The molecule has 0 aliphatic heterocycles. The summed E-state index contributed by atoms with van der Waals surface area (Å²) in [7, 11) is 0. The van der Waals surface area contributed by atoms with Crippen LogP contribution in [0.3, 0.4) is 0 Å². The Morgan fingerprint density at radius 2 is 1.95 bits per heavy atom. The molecule has 108 valence electrons. The Morgan fingerprint density at radius 3 is 2.70 bits per heavy atom. The molecule has 0 aliphatic rings. The number of aromatic nitrogens is 1. The number of benzene rings is 1. The largest absolute Gasteiger partial charge is 0.310 e. The Bertz CT molecular complexity index is 530. The van der Waals surface area contributed by atoms with E-state index in [2.05, 4.69) is 55.3 Å². The quantitative estimate of drug-likeness (QED) is 0.788. The average Bonchev–Trinajstić information content (AvgIpc) is 2.50. The lowest BCUT2D eigenvalue weighted by Gasteiger charge is -2.23. The van der Waals surface area contributed by atoms with Crippen LogP contribution in [0.5, 0.6) is 0 Å². The van der Waals surface area contributed by atoms with Crippen LogP contribution in [0, 0.1) is 5.92 Å². The molecular formula is C18H26N2. The molecule has 0 saturated heterocycles. The van der Waals surface area contributed by atoms with E-state index in [0.717, 1.165) is 24.4 Å². The predicted octanol–water partition coefficient (Wildman–Crippen LogP) is 4.71. The third kappa shape index (κ3) is 3.57. The van der Waals surface area contributed by atoms with Crippen LogP contribution in [0.25, 0.3) is 10.9 Å². The molecule has 1 aromatic heterocycles. The topological polar surface area (TPSA) is 24.9 Å². The van der Waals surface area contributed by atoms with Crippen LogP contribution in [0.1, 0.15) is 51.6 Å². The molecule has 2 aromatic rings. The normalized spacial score (nSPS) is 14.3. The molecule has 2 rings (SSSR count). The van der Waals surface area contributed by atoms with E-state index in [-0.39, 0.29) is 0 Å². The van der Waals surface area contributed by atoms with Gasteiger partial charge in [0.15, 0.2) is 0 Å². The van der Waals surface area contributed by atoms with Crippen molar-refractivity contribution >= 4 is 10.9 Å². The van der Waals surface area contributed by atoms with Crippen molar-refractivity contribution in [2.75, 3.05) is 6.54 Å². The van der Waals surface area contributed by atoms with Gasteiger partial charge in [-0.1, -0.05) is 51.5 Å². The van der Waals surface area contributed by atoms with Gasteiger partial charge < -0.3 is 5.32 Å². The minimum Gasteiger partial charge on any atom is -0.310 e. The second-order valence-corrected chi connectivity index (χ2v) is 5.68. The van der Waals surface area contributed by atoms with Gasteiger partial charge in [-0.3, -0.25) is 4.98 Å². The summed E-state index contributed by atoms with van der Waals surface area (Å²) in [6, 6.07) is 11.1. The van der Waals surface area contributed by atoms with Gasteiger partial charge in [-0.15, -0.1) is 0 Å². The highest BCUT2D eigenvalue weighted by molar-refractivity contribution is 5.82. The summed E-state index contributed by atoms with van der Waals surface area (Å²) in [5.41, 5.74) is 2.49. The number of pyridine rings is 1. The third-order valence-corrected chi connectivity index (χ3v) is 4.02. The fourth-order valence-electron chi connectivity index (χ4n) is 2.62. The standard InChI is InChI=1S/C18H26N2/c1-4-11-19-17(13-14(3)5-2)16-10-6-8-15-9-7-12-20-18(15)16/h6-10,12,14,17,19H,4-5,11,13H2,1-3H3. The number of nitrogens with one attached hydrogen (secondary N) is 1. The summed E-state index contributed by atoms with van der Waals surface area (Å²) in [6.45, 7) is 7.88. The summed E-state index contributed by atoms with van der Waals surface area (Å²) in [4.78, 5) is 4.60. The Morgan fingerprint density at radius 1 is 1.15 bits per heavy atom. The van der Waals surface area contributed by atoms with Crippen LogP contribution >= 0.6 is 0 Å². The first-order valence-corrected chi connectivity index (χ1v) is 7.83. The van der Waals surface area contributed by atoms with Crippen LogP contribution in [0.4, 0.5) is 0 Å². The highest BCUT2D eigenvalue weighted by atomic mass is 14.9. The minimum absolute atomic E-state index is 0.406. The second kappa shape index (κ2) is 7.39. The maximum Gasteiger partial charge on any atom is 0.0749 e. The van der Waals surface area contributed by atoms with Crippen LogP contribution < -0.4 is 5.32 Å². The Balaban J connectivity index is 2.34. The molecule has 1 aromatic carbocycles. The summed E-state index contributed by atoms with van der Waals surface area (Å²) < 4.78 is 0. The molecule has 0 spiro atoms. The third-order valence-electron chi connectivity index (χ3n) is 4.02. The molecule has 20 heavy (non-hydrogen) atoms. The smallest absolute Gasteiger partial charge is 0.0749 e. The van der Waals surface area contributed by atoms with E-state index in [4.69, 9.17) is 0 Å². The predicted molar refractivity (Wildman–Crippen MR) is 86.8 cm³/mol. The zero-order valence-corrected chi connectivity index (χ0v) is 12.9. The fraction of sp³-hybridized carbons (Fsp3) is 0.500. The molecule has 1 N–H and O–H groups in total. The molecule has 0 amide bonds. The first kappa shape index (κ1) is 15.0. The van der Waals surface area contributed by atoms with Crippen LogP contribution in [0.2, 0.25) is 0 Å². The molecule has 0 aliphatic carbocycles. The molecule has 2 unspecified atom stereocenters. The van der Waals surface area contributed by atoms with Crippen molar-refractivity contribution in [1.82, 2.24) is 10.3 Å². The van der Waals surface area contributed by atoms with E-state index in [1.54, 1.807) is 0 Å². The molecule has 0 fully saturated rings. The number of hydrogen-bond acceptors (Lipinski definition) is 2. The van der Waals surface area contributed by atoms with Crippen molar-refractivity contribution in [2.45, 2.75) is 46.1 Å². The first-order chi connectivity index (χ1) is 9.76. The highest BCUT2D eigenvalue weighted by Gasteiger charge is 2.16. The summed E-state index contributed by atoms with van der Waals surface area (Å²) in [6.07, 6.45) is 5.45. The number of para-hydroxylation sites is 1. The molecule has 2 nitrogen and oxygen atoms in total. The van der Waals surface area contributed by atoms with Gasteiger partial charge in [0.2, 0.25) is 0 Å².